The Labute approximate surface area is 118 Å². The minimum atomic E-state index is -0.177. The van der Waals surface area contributed by atoms with Crippen molar-refractivity contribution in [3.63, 3.8) is 0 Å². The van der Waals surface area contributed by atoms with Gasteiger partial charge in [0, 0.05) is 25.8 Å². The SMILES string of the molecule is O=C1NCCCC12CCN(c1nccc(CO)n1)CC2. The zero-order valence-corrected chi connectivity index (χ0v) is 11.5. The molecular weight excluding hydrogens is 256 g/mol. The van der Waals surface area contributed by atoms with Crippen LogP contribution in [0.2, 0.25) is 0 Å². The molecule has 2 aliphatic rings. The lowest BCUT2D eigenvalue weighted by Gasteiger charge is -2.42. The van der Waals surface area contributed by atoms with Crippen molar-refractivity contribution in [2.75, 3.05) is 24.5 Å². The summed E-state index contributed by atoms with van der Waals surface area (Å²) in [6.45, 7) is 2.33. The van der Waals surface area contributed by atoms with Crippen LogP contribution >= 0.6 is 0 Å². The maximum atomic E-state index is 12.1. The molecule has 6 nitrogen and oxygen atoms in total. The zero-order chi connectivity index (χ0) is 14.0. The zero-order valence-electron chi connectivity index (χ0n) is 11.5. The van der Waals surface area contributed by atoms with Crippen molar-refractivity contribution in [3.05, 3.63) is 18.0 Å². The third kappa shape index (κ3) is 2.35. The third-order valence-corrected chi connectivity index (χ3v) is 4.47. The van der Waals surface area contributed by atoms with Gasteiger partial charge in [-0.05, 0) is 31.7 Å². The highest BCUT2D eigenvalue weighted by atomic mass is 16.3. The van der Waals surface area contributed by atoms with Gasteiger partial charge in [-0.2, -0.15) is 0 Å². The first-order valence-corrected chi connectivity index (χ1v) is 7.20. The molecule has 1 aromatic rings. The van der Waals surface area contributed by atoms with Crippen molar-refractivity contribution in [2.45, 2.75) is 32.3 Å². The Kier molecular flexibility index (Phi) is 3.56. The Morgan fingerprint density at radius 2 is 2.15 bits per heavy atom. The Hall–Kier alpha value is -1.69. The van der Waals surface area contributed by atoms with Gasteiger partial charge in [0.25, 0.3) is 0 Å². The summed E-state index contributed by atoms with van der Waals surface area (Å²) < 4.78 is 0. The molecule has 2 N–H and O–H groups in total. The maximum Gasteiger partial charge on any atom is 0.226 e. The van der Waals surface area contributed by atoms with Gasteiger partial charge in [0.1, 0.15) is 0 Å². The fourth-order valence-corrected chi connectivity index (χ4v) is 3.17. The first-order chi connectivity index (χ1) is 9.73. The van der Waals surface area contributed by atoms with Crippen LogP contribution in [-0.2, 0) is 11.4 Å². The summed E-state index contributed by atoms with van der Waals surface area (Å²) in [5.74, 6) is 0.871. The lowest BCUT2D eigenvalue weighted by molar-refractivity contribution is -0.134. The van der Waals surface area contributed by atoms with E-state index in [1.165, 1.54) is 0 Å². The second kappa shape index (κ2) is 5.36. The highest BCUT2D eigenvalue weighted by Gasteiger charge is 2.42. The van der Waals surface area contributed by atoms with Crippen LogP contribution in [0.4, 0.5) is 5.95 Å². The highest BCUT2D eigenvalue weighted by Crippen LogP contribution is 2.38. The van der Waals surface area contributed by atoms with E-state index >= 15 is 0 Å². The molecule has 0 radical (unpaired) electrons. The molecule has 0 bridgehead atoms. The number of amides is 1. The molecule has 3 rings (SSSR count). The van der Waals surface area contributed by atoms with E-state index in [1.54, 1.807) is 12.3 Å². The Morgan fingerprint density at radius 3 is 2.85 bits per heavy atom. The number of nitrogens with one attached hydrogen (secondary N) is 1. The van der Waals surface area contributed by atoms with Crippen LogP contribution in [0.15, 0.2) is 12.3 Å². The van der Waals surface area contributed by atoms with Gasteiger partial charge in [-0.3, -0.25) is 4.79 Å². The molecule has 1 spiro atoms. The van der Waals surface area contributed by atoms with Gasteiger partial charge in [0.15, 0.2) is 0 Å². The standard InChI is InChI=1S/C14H20N4O2/c19-10-11-2-7-16-13(17-11)18-8-4-14(5-9-18)3-1-6-15-12(14)20/h2,7,19H,1,3-6,8-10H2,(H,15,20). The molecule has 1 amide bonds. The average Bonchev–Trinajstić information content (AvgIpc) is 2.51. The number of rotatable bonds is 2. The number of piperidine rings is 2. The van der Waals surface area contributed by atoms with Crippen molar-refractivity contribution < 1.29 is 9.90 Å². The fourth-order valence-electron chi connectivity index (χ4n) is 3.17. The molecule has 20 heavy (non-hydrogen) atoms. The van der Waals surface area contributed by atoms with Gasteiger partial charge in [-0.1, -0.05) is 0 Å². The fraction of sp³-hybridized carbons (Fsp3) is 0.643. The first-order valence-electron chi connectivity index (χ1n) is 7.20. The topological polar surface area (TPSA) is 78.4 Å². The highest BCUT2D eigenvalue weighted by molar-refractivity contribution is 5.83. The maximum absolute atomic E-state index is 12.1. The molecule has 0 unspecified atom stereocenters. The number of carbonyl (C=O) groups is 1. The van der Waals surface area contributed by atoms with Gasteiger partial charge in [0.05, 0.1) is 17.7 Å². The van der Waals surface area contributed by atoms with E-state index < -0.39 is 0 Å². The summed E-state index contributed by atoms with van der Waals surface area (Å²) in [6, 6.07) is 1.71. The van der Waals surface area contributed by atoms with Crippen LogP contribution in [0.3, 0.4) is 0 Å². The lowest BCUT2D eigenvalue weighted by atomic mass is 9.72. The van der Waals surface area contributed by atoms with Crippen molar-refractivity contribution in [2.24, 2.45) is 5.41 Å². The molecule has 2 aliphatic heterocycles. The van der Waals surface area contributed by atoms with Gasteiger partial charge in [-0.25, -0.2) is 9.97 Å². The van der Waals surface area contributed by atoms with E-state index in [-0.39, 0.29) is 17.9 Å². The summed E-state index contributed by atoms with van der Waals surface area (Å²) in [5.41, 5.74) is 0.453. The van der Waals surface area contributed by atoms with E-state index in [4.69, 9.17) is 5.11 Å². The molecule has 1 aromatic heterocycles. The average molecular weight is 276 g/mol. The predicted octanol–water partition coefficient (Wildman–Crippen LogP) is 0.465. The smallest absolute Gasteiger partial charge is 0.226 e. The number of nitrogens with zero attached hydrogens (tertiary/aromatic N) is 3. The minimum absolute atomic E-state index is 0.0737. The van der Waals surface area contributed by atoms with E-state index in [2.05, 4.69) is 20.2 Å². The van der Waals surface area contributed by atoms with Gasteiger partial charge in [-0.15, -0.1) is 0 Å². The van der Waals surface area contributed by atoms with E-state index in [1.807, 2.05) is 0 Å². The molecule has 3 heterocycles. The second-order valence-electron chi connectivity index (χ2n) is 5.63. The van der Waals surface area contributed by atoms with E-state index in [0.717, 1.165) is 45.3 Å². The summed E-state index contributed by atoms with van der Waals surface area (Å²) >= 11 is 0. The van der Waals surface area contributed by atoms with Gasteiger partial charge < -0.3 is 15.3 Å². The Morgan fingerprint density at radius 1 is 1.35 bits per heavy atom. The molecular formula is C14H20N4O2. The summed E-state index contributed by atoms with van der Waals surface area (Å²) in [5, 5.41) is 12.1. The molecule has 2 saturated heterocycles. The van der Waals surface area contributed by atoms with Crippen LogP contribution in [0.1, 0.15) is 31.4 Å². The van der Waals surface area contributed by atoms with E-state index in [9.17, 15) is 4.79 Å². The monoisotopic (exact) mass is 276 g/mol. The quantitative estimate of drug-likeness (QED) is 0.821. The number of hydrogen-bond donors (Lipinski definition) is 2. The van der Waals surface area contributed by atoms with Gasteiger partial charge >= 0.3 is 0 Å². The third-order valence-electron chi connectivity index (χ3n) is 4.47. The summed E-state index contributed by atoms with van der Waals surface area (Å²) in [4.78, 5) is 22.8. The van der Waals surface area contributed by atoms with Crippen molar-refractivity contribution in [3.8, 4) is 0 Å². The number of aromatic nitrogens is 2. The van der Waals surface area contributed by atoms with Crippen LogP contribution in [-0.4, -0.2) is 40.6 Å². The number of anilines is 1. The van der Waals surface area contributed by atoms with Crippen LogP contribution < -0.4 is 10.2 Å². The molecule has 0 aliphatic carbocycles. The largest absolute Gasteiger partial charge is 0.390 e. The molecule has 108 valence electrons. The van der Waals surface area contributed by atoms with Crippen LogP contribution in [0.25, 0.3) is 0 Å². The van der Waals surface area contributed by atoms with Crippen molar-refractivity contribution >= 4 is 11.9 Å². The number of hydrogen-bond acceptors (Lipinski definition) is 5. The Bertz CT molecular complexity index is 498. The van der Waals surface area contributed by atoms with Crippen LogP contribution in [0, 0.1) is 5.41 Å². The lowest BCUT2D eigenvalue weighted by Crippen LogP contribution is -2.52. The number of carbonyl (C=O) groups excluding carboxylic acids is 1. The first kappa shape index (κ1) is 13.3. The molecule has 6 heteroatoms. The summed E-state index contributed by atoms with van der Waals surface area (Å²) in [7, 11) is 0. The Balaban J connectivity index is 1.70. The normalized spacial score (nSPS) is 21.9. The van der Waals surface area contributed by atoms with E-state index in [0.29, 0.717) is 11.6 Å². The minimum Gasteiger partial charge on any atom is -0.390 e. The van der Waals surface area contributed by atoms with Gasteiger partial charge in [0.2, 0.25) is 11.9 Å². The number of aliphatic hydroxyl groups excluding tert-OH is 1. The predicted molar refractivity (Wildman–Crippen MR) is 74.1 cm³/mol. The van der Waals surface area contributed by atoms with Crippen molar-refractivity contribution in [1.29, 1.82) is 0 Å². The van der Waals surface area contributed by atoms with Crippen molar-refractivity contribution in [1.82, 2.24) is 15.3 Å². The molecule has 2 fully saturated rings. The molecule has 0 atom stereocenters. The summed E-state index contributed by atoms with van der Waals surface area (Å²) in [6.07, 6.45) is 5.44. The molecule has 0 aromatic carbocycles. The van der Waals surface area contributed by atoms with Crippen LogP contribution in [0.5, 0.6) is 0 Å². The number of aliphatic hydroxyl groups is 1. The second-order valence-corrected chi connectivity index (χ2v) is 5.63. The molecule has 0 saturated carbocycles.